The highest BCUT2D eigenvalue weighted by Crippen LogP contribution is 2.49. The van der Waals surface area contributed by atoms with Crippen molar-refractivity contribution in [3.05, 3.63) is 11.3 Å². The van der Waals surface area contributed by atoms with Crippen molar-refractivity contribution in [1.82, 2.24) is 15.5 Å². The van der Waals surface area contributed by atoms with Crippen LogP contribution < -0.4 is 10.6 Å². The van der Waals surface area contributed by atoms with Gasteiger partial charge in [-0.15, -0.1) is 0 Å². The summed E-state index contributed by atoms with van der Waals surface area (Å²) in [6, 6.07) is 0. The fourth-order valence-electron chi connectivity index (χ4n) is 3.01. The number of carboxylic acids is 1. The molecule has 8 nitrogen and oxygen atoms in total. The fraction of sp³-hybridized carbons (Fsp3) is 0.643. The van der Waals surface area contributed by atoms with Gasteiger partial charge in [-0.25, -0.2) is 4.79 Å². The zero-order valence-electron chi connectivity index (χ0n) is 14.0. The summed E-state index contributed by atoms with van der Waals surface area (Å²) in [6.45, 7) is 1.38. The van der Waals surface area contributed by atoms with Gasteiger partial charge in [-0.2, -0.15) is 31.4 Å². The maximum absolute atomic E-state index is 13.3. The molecule has 0 aliphatic carbocycles. The van der Waals surface area contributed by atoms with E-state index in [-0.39, 0.29) is 23.0 Å². The minimum atomic E-state index is -5.08. The van der Waals surface area contributed by atoms with Crippen LogP contribution in [0, 0.1) is 0 Å². The number of aliphatic hydroxyl groups is 1. The summed E-state index contributed by atoms with van der Waals surface area (Å²) in [5.41, 5.74) is -3.24. The molecular weight excluding hydrogens is 402 g/mol. The van der Waals surface area contributed by atoms with Gasteiger partial charge in [0.1, 0.15) is 0 Å². The van der Waals surface area contributed by atoms with Crippen molar-refractivity contribution in [1.29, 1.82) is 0 Å². The van der Waals surface area contributed by atoms with E-state index in [1.54, 1.807) is 0 Å². The molecule has 2 aliphatic rings. The summed E-state index contributed by atoms with van der Waals surface area (Å²) in [5.74, 6) is -4.02. The maximum atomic E-state index is 13.3. The molecule has 1 unspecified atom stereocenters. The van der Waals surface area contributed by atoms with E-state index in [0.717, 1.165) is 0 Å². The van der Waals surface area contributed by atoms with Crippen LogP contribution in [-0.2, 0) is 15.2 Å². The number of aliphatic carboxylic acids is 1. The summed E-state index contributed by atoms with van der Waals surface area (Å²) in [7, 11) is 0. The molecule has 28 heavy (non-hydrogen) atoms. The Morgan fingerprint density at radius 1 is 1.14 bits per heavy atom. The van der Waals surface area contributed by atoms with Crippen LogP contribution in [0.25, 0.3) is 0 Å². The summed E-state index contributed by atoms with van der Waals surface area (Å²) >= 11 is 0. The van der Waals surface area contributed by atoms with Crippen molar-refractivity contribution in [2.24, 2.45) is 0 Å². The molecule has 2 aliphatic heterocycles. The number of H-pyrrole nitrogens is 1. The average molecular weight is 418 g/mol. The molecule has 1 saturated heterocycles. The molecule has 0 bridgehead atoms. The van der Waals surface area contributed by atoms with E-state index in [2.05, 4.69) is 20.8 Å². The Hall–Kier alpha value is -2.35. The number of nitrogens with zero attached hydrogens (tertiary/aromatic N) is 1. The van der Waals surface area contributed by atoms with Gasteiger partial charge in [-0.05, 0) is 25.9 Å². The van der Waals surface area contributed by atoms with E-state index in [9.17, 15) is 36.2 Å². The molecule has 1 aromatic heterocycles. The number of hydrogen-bond acceptors (Lipinski definition) is 5. The number of halogens is 6. The number of nitrogens with one attached hydrogen (secondary N) is 3. The molecule has 1 fully saturated rings. The molecule has 0 saturated carbocycles. The number of fused-ring (bicyclic) bond motifs is 1. The number of anilines is 1. The lowest BCUT2D eigenvalue weighted by molar-refractivity contribution is -0.267. The second-order valence-electron chi connectivity index (χ2n) is 6.27. The van der Waals surface area contributed by atoms with Crippen molar-refractivity contribution >= 4 is 17.7 Å². The van der Waals surface area contributed by atoms with Gasteiger partial charge in [0.2, 0.25) is 5.91 Å². The largest absolute Gasteiger partial charge is 0.490 e. The number of hydrogen-bond donors (Lipinski definition) is 5. The van der Waals surface area contributed by atoms with Gasteiger partial charge in [0.15, 0.2) is 11.4 Å². The van der Waals surface area contributed by atoms with Crippen LogP contribution in [0.1, 0.15) is 36.4 Å². The number of carboxylic acid groups (broad SMARTS) is 1. The average Bonchev–Trinajstić information content (AvgIpc) is 2.98. The van der Waals surface area contributed by atoms with E-state index in [4.69, 9.17) is 9.90 Å². The lowest BCUT2D eigenvalue weighted by Crippen LogP contribution is -2.48. The van der Waals surface area contributed by atoms with Crippen LogP contribution in [-0.4, -0.2) is 57.7 Å². The molecular formula is C14H16F6N4O4. The highest BCUT2D eigenvalue weighted by molar-refractivity contribution is 5.94. The molecule has 158 valence electrons. The molecule has 1 aromatic rings. The third-order valence-corrected chi connectivity index (χ3v) is 4.34. The Morgan fingerprint density at radius 2 is 1.68 bits per heavy atom. The number of amides is 1. The van der Waals surface area contributed by atoms with Gasteiger partial charge in [0.05, 0.1) is 12.0 Å². The third-order valence-electron chi connectivity index (χ3n) is 4.34. The van der Waals surface area contributed by atoms with E-state index in [1.165, 1.54) is 0 Å². The first-order valence-electron chi connectivity index (χ1n) is 7.96. The van der Waals surface area contributed by atoms with Crippen LogP contribution in [0.2, 0.25) is 0 Å². The quantitative estimate of drug-likeness (QED) is 0.441. The number of carbonyl (C=O) groups is 2. The number of alkyl halides is 6. The second-order valence-corrected chi connectivity index (χ2v) is 6.27. The molecule has 0 spiro atoms. The lowest BCUT2D eigenvalue weighted by atomic mass is 9.81. The van der Waals surface area contributed by atoms with Crippen LogP contribution in [0.4, 0.5) is 32.2 Å². The number of carbonyl (C=O) groups excluding carboxylic acids is 1. The summed E-state index contributed by atoms with van der Waals surface area (Å²) in [5, 5.41) is 29.0. The van der Waals surface area contributed by atoms with Crippen LogP contribution in [0.3, 0.4) is 0 Å². The first-order chi connectivity index (χ1) is 12.8. The Labute approximate surface area is 153 Å². The van der Waals surface area contributed by atoms with Crippen molar-refractivity contribution < 1.29 is 46.1 Å². The van der Waals surface area contributed by atoms with Gasteiger partial charge in [-0.1, -0.05) is 0 Å². The number of rotatable bonds is 1. The smallest absolute Gasteiger partial charge is 0.475 e. The predicted molar refractivity (Wildman–Crippen MR) is 80.3 cm³/mol. The molecule has 1 amide bonds. The van der Waals surface area contributed by atoms with Crippen molar-refractivity contribution in [2.75, 3.05) is 18.4 Å². The Kier molecular flexibility index (Phi) is 5.94. The Morgan fingerprint density at radius 3 is 2.14 bits per heavy atom. The van der Waals surface area contributed by atoms with E-state index in [0.29, 0.717) is 25.9 Å². The highest BCUT2D eigenvalue weighted by atomic mass is 19.4. The number of piperidine rings is 1. The summed E-state index contributed by atoms with van der Waals surface area (Å²) < 4.78 is 71.7. The minimum Gasteiger partial charge on any atom is -0.475 e. The summed E-state index contributed by atoms with van der Waals surface area (Å²) in [4.78, 5) is 20.3. The molecule has 1 atom stereocenters. The molecule has 0 aromatic carbocycles. The topological polar surface area (TPSA) is 127 Å². The highest BCUT2D eigenvalue weighted by Gasteiger charge is 2.61. The Balaban J connectivity index is 0.000000345. The zero-order valence-corrected chi connectivity index (χ0v) is 14.0. The third kappa shape index (κ3) is 4.38. The van der Waals surface area contributed by atoms with Crippen LogP contribution in [0.5, 0.6) is 0 Å². The lowest BCUT2D eigenvalue weighted by Gasteiger charge is -2.35. The van der Waals surface area contributed by atoms with Crippen LogP contribution in [0.15, 0.2) is 0 Å². The first kappa shape index (κ1) is 21.9. The SMILES string of the molecule is O=C(O)C(F)(F)F.O=C1CC(O)(C(F)(F)F)c2c(n[nH]c2C2CCNCC2)N1. The van der Waals surface area contributed by atoms with Crippen molar-refractivity contribution in [2.45, 2.75) is 43.1 Å². The van der Waals surface area contributed by atoms with Gasteiger partial charge in [0, 0.05) is 11.6 Å². The van der Waals surface area contributed by atoms with Gasteiger partial charge >= 0.3 is 18.3 Å². The van der Waals surface area contributed by atoms with E-state index in [1.807, 2.05) is 0 Å². The van der Waals surface area contributed by atoms with Crippen molar-refractivity contribution in [3.8, 4) is 0 Å². The van der Waals surface area contributed by atoms with Gasteiger partial charge < -0.3 is 20.8 Å². The van der Waals surface area contributed by atoms with Gasteiger partial charge in [-0.3, -0.25) is 9.89 Å². The summed E-state index contributed by atoms with van der Waals surface area (Å²) in [6.07, 6.45) is -9.76. The van der Waals surface area contributed by atoms with Crippen LogP contribution >= 0.6 is 0 Å². The fourth-order valence-corrected chi connectivity index (χ4v) is 3.01. The first-order valence-corrected chi connectivity index (χ1v) is 7.96. The van der Waals surface area contributed by atoms with Gasteiger partial charge in [0.25, 0.3) is 0 Å². The second kappa shape index (κ2) is 7.58. The molecule has 0 radical (unpaired) electrons. The monoisotopic (exact) mass is 418 g/mol. The maximum Gasteiger partial charge on any atom is 0.490 e. The molecule has 14 heteroatoms. The zero-order chi connectivity index (χ0) is 21.3. The van der Waals surface area contributed by atoms with E-state index >= 15 is 0 Å². The normalized spacial score (nSPS) is 23.3. The predicted octanol–water partition coefficient (Wildman–Crippen LogP) is 1.60. The number of aromatic nitrogens is 2. The Bertz CT molecular complexity index is 741. The molecule has 3 rings (SSSR count). The molecule has 5 N–H and O–H groups in total. The standard InChI is InChI=1S/C12H15F3N4O2.C2HF3O2/c13-12(14,15)11(21)5-7(20)17-10-8(11)9(18-19-10)6-1-3-16-4-2-6;3-2(4,5)1(6)7/h6,16,21H,1-5H2,(H2,17,18,19,20);(H,6,7). The van der Waals surface area contributed by atoms with E-state index < -0.39 is 36.3 Å². The molecule has 3 heterocycles. The number of aromatic amines is 1. The van der Waals surface area contributed by atoms with Crippen molar-refractivity contribution in [3.63, 3.8) is 0 Å². The minimum absolute atomic E-state index is 0.147.